The zero-order chi connectivity index (χ0) is 14.6. The third-order valence-electron chi connectivity index (χ3n) is 3.15. The van der Waals surface area contributed by atoms with Crippen LogP contribution in [0.15, 0.2) is 0 Å². The van der Waals surface area contributed by atoms with Crippen molar-refractivity contribution in [1.82, 2.24) is 0 Å². The lowest BCUT2D eigenvalue weighted by Crippen LogP contribution is -2.11. The molecule has 0 saturated carbocycles. The molecule has 19 heavy (non-hydrogen) atoms. The number of sulfone groups is 1. The van der Waals surface area contributed by atoms with Gasteiger partial charge in [0.1, 0.15) is 9.84 Å². The van der Waals surface area contributed by atoms with E-state index in [-0.39, 0.29) is 17.9 Å². The Hall–Kier alpha value is -0.580. The van der Waals surface area contributed by atoms with E-state index >= 15 is 0 Å². The fourth-order valence-electron chi connectivity index (χ4n) is 1.98. The van der Waals surface area contributed by atoms with Gasteiger partial charge in [0.25, 0.3) is 0 Å². The van der Waals surface area contributed by atoms with E-state index in [9.17, 15) is 13.2 Å². The maximum atomic E-state index is 11.7. The molecule has 0 rings (SSSR count). The highest BCUT2D eigenvalue weighted by Crippen LogP contribution is 2.08. The van der Waals surface area contributed by atoms with Gasteiger partial charge in [0, 0.05) is 6.42 Å². The Kier molecular flexibility index (Phi) is 10.9. The molecule has 0 aliphatic heterocycles. The van der Waals surface area contributed by atoms with E-state index in [4.69, 9.17) is 5.11 Å². The molecule has 0 unspecified atom stereocenters. The van der Waals surface area contributed by atoms with Gasteiger partial charge >= 0.3 is 5.97 Å². The maximum absolute atomic E-state index is 11.7. The van der Waals surface area contributed by atoms with Gasteiger partial charge in [0.2, 0.25) is 0 Å². The lowest BCUT2D eigenvalue weighted by molar-refractivity contribution is -0.137. The summed E-state index contributed by atoms with van der Waals surface area (Å²) in [6.07, 6.45) is 8.50. The molecular weight excluding hydrogens is 264 g/mol. The number of carboxylic acids is 1. The van der Waals surface area contributed by atoms with Crippen molar-refractivity contribution in [1.29, 1.82) is 0 Å². The van der Waals surface area contributed by atoms with E-state index in [2.05, 4.69) is 6.92 Å². The first-order chi connectivity index (χ1) is 8.98. The molecule has 0 aromatic heterocycles. The SMILES string of the molecule is CCCCCCCCS(=O)(=O)CCCCCC(=O)O. The Morgan fingerprint density at radius 2 is 1.32 bits per heavy atom. The normalized spacial score (nSPS) is 11.6. The summed E-state index contributed by atoms with van der Waals surface area (Å²) in [6.45, 7) is 2.16. The second kappa shape index (κ2) is 11.3. The average molecular weight is 292 g/mol. The van der Waals surface area contributed by atoms with E-state index in [0.29, 0.717) is 19.3 Å². The molecule has 4 nitrogen and oxygen atoms in total. The quantitative estimate of drug-likeness (QED) is 0.528. The maximum Gasteiger partial charge on any atom is 0.303 e. The minimum absolute atomic E-state index is 0.136. The largest absolute Gasteiger partial charge is 0.481 e. The minimum atomic E-state index is -2.92. The van der Waals surface area contributed by atoms with Crippen LogP contribution in [0.5, 0.6) is 0 Å². The molecule has 114 valence electrons. The summed E-state index contributed by atoms with van der Waals surface area (Å²) in [5.74, 6) is -0.311. The highest BCUT2D eigenvalue weighted by Gasteiger charge is 2.10. The molecule has 0 atom stereocenters. The van der Waals surface area contributed by atoms with Crippen LogP contribution in [0, 0.1) is 0 Å². The van der Waals surface area contributed by atoms with Crippen LogP contribution in [0.25, 0.3) is 0 Å². The number of carbonyl (C=O) groups is 1. The van der Waals surface area contributed by atoms with Crippen molar-refractivity contribution in [3.05, 3.63) is 0 Å². The lowest BCUT2D eigenvalue weighted by Gasteiger charge is -2.04. The number of hydrogen-bond donors (Lipinski definition) is 1. The van der Waals surface area contributed by atoms with Gasteiger partial charge in [-0.3, -0.25) is 4.79 Å². The number of unbranched alkanes of at least 4 members (excludes halogenated alkanes) is 7. The van der Waals surface area contributed by atoms with Gasteiger partial charge in [0.15, 0.2) is 0 Å². The monoisotopic (exact) mass is 292 g/mol. The Morgan fingerprint density at radius 3 is 1.84 bits per heavy atom. The van der Waals surface area contributed by atoms with Crippen LogP contribution in [-0.4, -0.2) is 31.0 Å². The summed E-state index contributed by atoms with van der Waals surface area (Å²) in [6, 6.07) is 0. The third kappa shape index (κ3) is 13.6. The van der Waals surface area contributed by atoms with E-state index in [1.807, 2.05) is 0 Å². The molecular formula is C14H28O4S. The standard InChI is InChI=1S/C14H28O4S/c1-2-3-4-5-6-9-12-19(17,18)13-10-7-8-11-14(15)16/h2-13H2,1H3,(H,15,16). The van der Waals surface area contributed by atoms with Crippen molar-refractivity contribution < 1.29 is 18.3 Å². The second-order valence-electron chi connectivity index (χ2n) is 5.12. The first-order valence-corrected chi connectivity index (χ1v) is 9.22. The molecule has 0 heterocycles. The summed E-state index contributed by atoms with van der Waals surface area (Å²) < 4.78 is 23.4. The molecule has 5 heteroatoms. The molecule has 0 saturated heterocycles. The summed E-state index contributed by atoms with van der Waals surface area (Å²) in [5.41, 5.74) is 0. The molecule has 0 amide bonds. The minimum Gasteiger partial charge on any atom is -0.481 e. The van der Waals surface area contributed by atoms with Crippen molar-refractivity contribution in [2.45, 2.75) is 71.1 Å². The molecule has 0 fully saturated rings. The Balaban J connectivity index is 3.50. The van der Waals surface area contributed by atoms with E-state index in [0.717, 1.165) is 19.3 Å². The Labute approximate surface area is 117 Å². The lowest BCUT2D eigenvalue weighted by atomic mass is 10.1. The van der Waals surface area contributed by atoms with Crippen LogP contribution in [0.3, 0.4) is 0 Å². The summed E-state index contributed by atoms with van der Waals surface area (Å²) >= 11 is 0. The second-order valence-corrected chi connectivity index (χ2v) is 7.43. The number of aliphatic carboxylic acids is 1. The molecule has 0 bridgehead atoms. The van der Waals surface area contributed by atoms with Crippen LogP contribution in [0.1, 0.15) is 71.1 Å². The smallest absolute Gasteiger partial charge is 0.303 e. The zero-order valence-corrected chi connectivity index (χ0v) is 12.9. The van der Waals surface area contributed by atoms with Crippen LogP contribution in [-0.2, 0) is 14.6 Å². The molecule has 0 aromatic rings. The topological polar surface area (TPSA) is 71.4 Å². The van der Waals surface area contributed by atoms with Crippen LogP contribution >= 0.6 is 0 Å². The first-order valence-electron chi connectivity index (χ1n) is 7.40. The van der Waals surface area contributed by atoms with Gasteiger partial charge in [-0.05, 0) is 19.3 Å². The molecule has 0 aliphatic carbocycles. The third-order valence-corrected chi connectivity index (χ3v) is 4.98. The van der Waals surface area contributed by atoms with E-state index in [1.165, 1.54) is 19.3 Å². The zero-order valence-electron chi connectivity index (χ0n) is 12.1. The number of carboxylic acid groups (broad SMARTS) is 1. The van der Waals surface area contributed by atoms with Crippen LogP contribution < -0.4 is 0 Å². The van der Waals surface area contributed by atoms with Gasteiger partial charge in [-0.25, -0.2) is 8.42 Å². The Bertz CT molecular complexity index is 322. The number of rotatable bonds is 13. The molecule has 1 N–H and O–H groups in total. The van der Waals surface area contributed by atoms with Gasteiger partial charge < -0.3 is 5.11 Å². The van der Waals surface area contributed by atoms with Crippen molar-refractivity contribution in [3.63, 3.8) is 0 Å². The summed E-state index contributed by atoms with van der Waals surface area (Å²) in [4.78, 5) is 10.3. The van der Waals surface area contributed by atoms with Crippen LogP contribution in [0.4, 0.5) is 0 Å². The fraction of sp³-hybridized carbons (Fsp3) is 0.929. The van der Waals surface area contributed by atoms with Crippen molar-refractivity contribution >= 4 is 15.8 Å². The molecule has 0 radical (unpaired) electrons. The molecule has 0 aliphatic rings. The first kappa shape index (κ1) is 18.4. The summed E-state index contributed by atoms with van der Waals surface area (Å²) in [7, 11) is -2.92. The predicted octanol–water partition coefficient (Wildman–Crippen LogP) is 3.41. The molecule has 0 aromatic carbocycles. The Morgan fingerprint density at radius 1 is 0.842 bits per heavy atom. The van der Waals surface area contributed by atoms with Gasteiger partial charge in [-0.2, -0.15) is 0 Å². The molecule has 0 spiro atoms. The fourth-order valence-corrected chi connectivity index (χ4v) is 3.47. The summed E-state index contributed by atoms with van der Waals surface area (Å²) in [5, 5.41) is 8.46. The number of hydrogen-bond acceptors (Lipinski definition) is 3. The van der Waals surface area contributed by atoms with Gasteiger partial charge in [-0.1, -0.05) is 45.4 Å². The van der Waals surface area contributed by atoms with Crippen LogP contribution in [0.2, 0.25) is 0 Å². The van der Waals surface area contributed by atoms with Crippen molar-refractivity contribution in [2.75, 3.05) is 11.5 Å². The van der Waals surface area contributed by atoms with Gasteiger partial charge in [-0.15, -0.1) is 0 Å². The van der Waals surface area contributed by atoms with E-state index in [1.54, 1.807) is 0 Å². The average Bonchev–Trinajstić information content (AvgIpc) is 2.32. The van der Waals surface area contributed by atoms with Crippen molar-refractivity contribution in [2.24, 2.45) is 0 Å². The van der Waals surface area contributed by atoms with E-state index < -0.39 is 15.8 Å². The van der Waals surface area contributed by atoms with Crippen molar-refractivity contribution in [3.8, 4) is 0 Å². The highest BCUT2D eigenvalue weighted by atomic mass is 32.2. The van der Waals surface area contributed by atoms with Gasteiger partial charge in [0.05, 0.1) is 11.5 Å². The predicted molar refractivity (Wildman–Crippen MR) is 78.1 cm³/mol. The highest BCUT2D eigenvalue weighted by molar-refractivity contribution is 7.91.